The number of aromatic nitrogens is 3. The maximum Gasteiger partial charge on any atom is 0.309 e. The fraction of sp³-hybridized carbons (Fsp3) is 0.500. The number of aliphatic carboxylic acids is 1. The number of amides is 2. The minimum absolute atomic E-state index is 0.0150. The Morgan fingerprint density at radius 3 is 2.50 bits per heavy atom. The number of rotatable bonds is 9. The van der Waals surface area contributed by atoms with Crippen molar-refractivity contribution in [2.45, 2.75) is 64.9 Å². The van der Waals surface area contributed by atoms with E-state index in [4.69, 9.17) is 9.47 Å². The summed E-state index contributed by atoms with van der Waals surface area (Å²) in [7, 11) is 3.04. The first-order valence-electron chi connectivity index (χ1n) is 14.1. The number of nitrogens with one attached hydrogen (secondary N) is 1. The average Bonchev–Trinajstić information content (AvgIpc) is 3.31. The Bertz CT molecular complexity index is 1530. The summed E-state index contributed by atoms with van der Waals surface area (Å²) >= 11 is 0. The number of benzene rings is 1. The number of nitrogens with zero attached hydrogens (tertiary/aromatic N) is 4. The van der Waals surface area contributed by atoms with Gasteiger partial charge in [-0.2, -0.15) is 0 Å². The van der Waals surface area contributed by atoms with Crippen LogP contribution in [0.25, 0.3) is 5.65 Å². The van der Waals surface area contributed by atoms with E-state index in [9.17, 15) is 19.5 Å². The molecule has 2 heterocycles. The van der Waals surface area contributed by atoms with Crippen LogP contribution in [0.2, 0.25) is 0 Å². The predicted octanol–water partition coefficient (Wildman–Crippen LogP) is 4.80. The minimum atomic E-state index is -0.862. The Morgan fingerprint density at radius 1 is 1.17 bits per heavy atom. The lowest BCUT2D eigenvalue weighted by Crippen LogP contribution is -2.41. The van der Waals surface area contributed by atoms with Gasteiger partial charge in [-0.15, -0.1) is 5.10 Å². The summed E-state index contributed by atoms with van der Waals surface area (Å²) < 4.78 is 27.6. The number of methoxy groups -OCH3 is 1. The van der Waals surface area contributed by atoms with Crippen LogP contribution in [0.3, 0.4) is 0 Å². The second kappa shape index (κ2) is 11.2. The Kier molecular flexibility index (Phi) is 7.82. The van der Waals surface area contributed by atoms with Crippen LogP contribution in [0.15, 0.2) is 30.6 Å². The highest BCUT2D eigenvalue weighted by molar-refractivity contribution is 6.11. The number of fused-ring (bicyclic) bond motifs is 1. The number of carbonyl (C=O) groups excluding carboxylic acids is 2. The number of hydrogen-bond acceptors (Lipinski definition) is 7. The summed E-state index contributed by atoms with van der Waals surface area (Å²) in [6.07, 6.45) is 7.63. The lowest BCUT2D eigenvalue weighted by molar-refractivity contribution is -0.150. The molecule has 2 fully saturated rings. The smallest absolute Gasteiger partial charge is 0.309 e. The number of carboxylic acid groups (broad SMARTS) is 1. The Balaban J connectivity index is 1.40. The van der Waals surface area contributed by atoms with Crippen LogP contribution in [0.4, 0.5) is 10.2 Å². The predicted molar refractivity (Wildman–Crippen MR) is 151 cm³/mol. The normalized spacial score (nSPS) is 21.3. The molecule has 2 aliphatic carbocycles. The first-order chi connectivity index (χ1) is 19.9. The van der Waals surface area contributed by atoms with E-state index in [0.717, 1.165) is 25.3 Å². The van der Waals surface area contributed by atoms with Crippen LogP contribution >= 0.6 is 0 Å². The zero-order valence-corrected chi connectivity index (χ0v) is 24.3. The first kappa shape index (κ1) is 29.3. The SMILES string of the molecule is COc1cc(F)c(O[C@H]2CC[C@@](C)(C(=O)O)CC2)cc1C(=O)Nc1nn2cccnc2c1C(=O)N(C)CC1(C)CCC1. The Labute approximate surface area is 243 Å². The van der Waals surface area contributed by atoms with Gasteiger partial charge < -0.3 is 24.8 Å². The second-order valence-electron chi connectivity index (χ2n) is 12.1. The molecule has 0 unspecified atom stereocenters. The number of ether oxygens (including phenoxy) is 2. The van der Waals surface area contributed by atoms with E-state index in [1.165, 1.54) is 17.7 Å². The molecule has 0 bridgehead atoms. The van der Waals surface area contributed by atoms with Crippen LogP contribution in [0.5, 0.6) is 11.5 Å². The van der Waals surface area contributed by atoms with Crippen molar-refractivity contribution in [2.75, 3.05) is 26.0 Å². The van der Waals surface area contributed by atoms with E-state index >= 15 is 4.39 Å². The summed E-state index contributed by atoms with van der Waals surface area (Å²) in [5, 5.41) is 16.6. The van der Waals surface area contributed by atoms with Gasteiger partial charge in [-0.3, -0.25) is 14.4 Å². The molecule has 2 saturated carbocycles. The fourth-order valence-corrected chi connectivity index (χ4v) is 5.83. The summed E-state index contributed by atoms with van der Waals surface area (Å²) in [6.45, 7) is 4.40. The molecule has 1 aromatic carbocycles. The molecule has 2 N–H and O–H groups in total. The van der Waals surface area contributed by atoms with Gasteiger partial charge in [0.15, 0.2) is 23.0 Å². The molecule has 0 aliphatic heterocycles. The highest BCUT2D eigenvalue weighted by Crippen LogP contribution is 2.41. The standard InChI is InChI=1S/C30H36FN5O6/c1-29(9-5-10-29)17-35(3)27(38)23-24(34-36-14-6-13-32-25(23)36)33-26(37)19-15-22(20(31)16-21(19)41-4)42-18-7-11-30(2,12-8-18)28(39)40/h6,13-16,18H,5,7-12,17H2,1-4H3,(H,39,40)(H,33,34,37)/t18-,30+. The van der Waals surface area contributed by atoms with Crippen molar-refractivity contribution in [3.05, 3.63) is 47.5 Å². The third kappa shape index (κ3) is 5.62. The van der Waals surface area contributed by atoms with Crippen molar-refractivity contribution in [2.24, 2.45) is 10.8 Å². The fourth-order valence-electron chi connectivity index (χ4n) is 5.83. The molecule has 2 aliphatic rings. The Morgan fingerprint density at radius 2 is 1.88 bits per heavy atom. The molecule has 0 radical (unpaired) electrons. The van der Waals surface area contributed by atoms with Crippen LogP contribution in [-0.4, -0.2) is 69.2 Å². The molecule has 12 heteroatoms. The summed E-state index contributed by atoms with van der Waals surface area (Å²) in [4.78, 5) is 44.8. The van der Waals surface area contributed by atoms with Gasteiger partial charge in [-0.25, -0.2) is 13.9 Å². The molecule has 224 valence electrons. The van der Waals surface area contributed by atoms with Crippen LogP contribution in [0.1, 0.15) is 79.5 Å². The van der Waals surface area contributed by atoms with E-state index in [1.807, 2.05) is 0 Å². The van der Waals surface area contributed by atoms with E-state index in [-0.39, 0.29) is 39.8 Å². The lowest BCUT2D eigenvalue weighted by Gasteiger charge is -2.41. The molecular weight excluding hydrogens is 545 g/mol. The zero-order chi connectivity index (χ0) is 30.2. The van der Waals surface area contributed by atoms with Gasteiger partial charge in [0.05, 0.1) is 24.2 Å². The van der Waals surface area contributed by atoms with Gasteiger partial charge >= 0.3 is 5.97 Å². The van der Waals surface area contributed by atoms with Crippen molar-refractivity contribution in [1.29, 1.82) is 0 Å². The molecule has 2 aromatic heterocycles. The van der Waals surface area contributed by atoms with Gasteiger partial charge in [0.25, 0.3) is 11.8 Å². The van der Waals surface area contributed by atoms with Crippen LogP contribution in [-0.2, 0) is 4.79 Å². The van der Waals surface area contributed by atoms with E-state index in [0.29, 0.717) is 37.9 Å². The monoisotopic (exact) mass is 581 g/mol. The number of hydrogen-bond donors (Lipinski definition) is 2. The molecular formula is C30H36FN5O6. The molecule has 5 rings (SSSR count). The van der Waals surface area contributed by atoms with Crippen LogP contribution in [0, 0.1) is 16.6 Å². The highest BCUT2D eigenvalue weighted by atomic mass is 19.1. The third-order valence-corrected chi connectivity index (χ3v) is 8.71. The quantitative estimate of drug-likeness (QED) is 0.368. The number of halogens is 1. The maximum atomic E-state index is 15.0. The average molecular weight is 582 g/mol. The van der Waals surface area contributed by atoms with E-state index in [2.05, 4.69) is 22.3 Å². The molecule has 0 atom stereocenters. The number of carbonyl (C=O) groups is 3. The molecule has 3 aromatic rings. The van der Waals surface area contributed by atoms with Crippen molar-refractivity contribution in [3.8, 4) is 11.5 Å². The largest absolute Gasteiger partial charge is 0.496 e. The van der Waals surface area contributed by atoms with Crippen molar-refractivity contribution >= 4 is 29.2 Å². The highest BCUT2D eigenvalue weighted by Gasteiger charge is 2.39. The summed E-state index contributed by atoms with van der Waals surface area (Å²) in [5.41, 5.74) is -0.365. The minimum Gasteiger partial charge on any atom is -0.496 e. The second-order valence-corrected chi connectivity index (χ2v) is 12.1. The summed E-state index contributed by atoms with van der Waals surface area (Å²) in [6, 6.07) is 3.99. The maximum absolute atomic E-state index is 15.0. The van der Waals surface area contributed by atoms with Gasteiger partial charge in [-0.05, 0) is 63.0 Å². The van der Waals surface area contributed by atoms with Crippen molar-refractivity contribution in [3.63, 3.8) is 0 Å². The van der Waals surface area contributed by atoms with Gasteiger partial charge in [0, 0.05) is 32.1 Å². The third-order valence-electron chi connectivity index (χ3n) is 8.71. The Hall–Kier alpha value is -4.22. The van der Waals surface area contributed by atoms with Gasteiger partial charge in [-0.1, -0.05) is 13.3 Å². The van der Waals surface area contributed by atoms with Gasteiger partial charge in [0.2, 0.25) is 0 Å². The molecule has 42 heavy (non-hydrogen) atoms. The molecule has 11 nitrogen and oxygen atoms in total. The zero-order valence-electron chi connectivity index (χ0n) is 24.3. The number of anilines is 1. The van der Waals surface area contributed by atoms with Crippen molar-refractivity contribution in [1.82, 2.24) is 19.5 Å². The van der Waals surface area contributed by atoms with Crippen LogP contribution < -0.4 is 14.8 Å². The van der Waals surface area contributed by atoms with Gasteiger partial charge in [0.1, 0.15) is 11.3 Å². The molecule has 0 spiro atoms. The lowest BCUT2D eigenvalue weighted by atomic mass is 9.70. The summed E-state index contributed by atoms with van der Waals surface area (Å²) in [5.74, 6) is -2.73. The molecule has 0 saturated heterocycles. The first-order valence-corrected chi connectivity index (χ1v) is 14.1. The number of carboxylic acids is 1. The van der Waals surface area contributed by atoms with E-state index in [1.54, 1.807) is 37.3 Å². The molecule has 2 amide bonds. The van der Waals surface area contributed by atoms with Crippen molar-refractivity contribution < 1.29 is 33.4 Å². The topological polar surface area (TPSA) is 135 Å². The van der Waals surface area contributed by atoms with E-state index < -0.39 is 29.2 Å².